The summed E-state index contributed by atoms with van der Waals surface area (Å²) in [4.78, 5) is 2.81. The zero-order valence-electron chi connectivity index (χ0n) is 14.1. The Hall–Kier alpha value is -1.85. The van der Waals surface area contributed by atoms with Crippen molar-refractivity contribution in [3.63, 3.8) is 0 Å². The van der Waals surface area contributed by atoms with Gasteiger partial charge in [0.15, 0.2) is 9.84 Å². The summed E-state index contributed by atoms with van der Waals surface area (Å²) in [5.41, 5.74) is 2.36. The minimum atomic E-state index is -3.14. The smallest absolute Gasteiger partial charge is 0.175 e. The molecule has 0 N–H and O–H groups in total. The molecule has 1 aliphatic rings. The molecular formula is C19H23NO3S. The van der Waals surface area contributed by atoms with Crippen molar-refractivity contribution in [1.82, 2.24) is 4.90 Å². The first kappa shape index (κ1) is 17.0. The predicted molar refractivity (Wildman–Crippen MR) is 94.9 cm³/mol. The third kappa shape index (κ3) is 3.62. The molecule has 128 valence electrons. The Balaban J connectivity index is 1.79. The Morgan fingerprint density at radius 2 is 1.83 bits per heavy atom. The molecule has 1 atom stereocenters. The quantitative estimate of drug-likeness (QED) is 0.833. The molecule has 0 amide bonds. The van der Waals surface area contributed by atoms with E-state index < -0.39 is 9.84 Å². The van der Waals surface area contributed by atoms with E-state index in [1.54, 1.807) is 19.2 Å². The number of methoxy groups -OCH3 is 1. The van der Waals surface area contributed by atoms with E-state index in [2.05, 4.69) is 17.0 Å². The molecule has 2 aromatic rings. The zero-order chi connectivity index (χ0) is 17.2. The summed E-state index contributed by atoms with van der Waals surface area (Å²) in [7, 11) is -1.43. The maximum Gasteiger partial charge on any atom is 0.175 e. The van der Waals surface area contributed by atoms with Gasteiger partial charge in [-0.2, -0.15) is 0 Å². The van der Waals surface area contributed by atoms with Gasteiger partial charge in [0.2, 0.25) is 0 Å². The second-order valence-electron chi connectivity index (χ2n) is 6.29. The summed E-state index contributed by atoms with van der Waals surface area (Å²) in [6, 6.07) is 15.7. The highest BCUT2D eigenvalue weighted by Crippen LogP contribution is 2.37. The fourth-order valence-electron chi connectivity index (χ4n) is 3.39. The summed E-state index contributed by atoms with van der Waals surface area (Å²) in [6.45, 7) is 1.85. The highest BCUT2D eigenvalue weighted by atomic mass is 32.2. The maximum atomic E-state index is 11.6. The van der Waals surface area contributed by atoms with Crippen molar-refractivity contribution in [2.45, 2.75) is 30.3 Å². The fourth-order valence-corrected chi connectivity index (χ4v) is 4.02. The van der Waals surface area contributed by atoms with Crippen molar-refractivity contribution >= 4 is 9.84 Å². The molecule has 4 nitrogen and oxygen atoms in total. The first-order valence-corrected chi connectivity index (χ1v) is 10.0. The average molecular weight is 345 g/mol. The molecule has 0 radical (unpaired) electrons. The number of hydrogen-bond donors (Lipinski definition) is 0. The van der Waals surface area contributed by atoms with Crippen LogP contribution < -0.4 is 4.74 Å². The van der Waals surface area contributed by atoms with Crippen LogP contribution in [-0.4, -0.2) is 33.2 Å². The summed E-state index contributed by atoms with van der Waals surface area (Å²) >= 11 is 0. The lowest BCUT2D eigenvalue weighted by Crippen LogP contribution is -2.23. The van der Waals surface area contributed by atoms with Crippen molar-refractivity contribution in [2.24, 2.45) is 0 Å². The van der Waals surface area contributed by atoms with Crippen LogP contribution in [0, 0.1) is 0 Å². The van der Waals surface area contributed by atoms with E-state index in [9.17, 15) is 8.42 Å². The van der Waals surface area contributed by atoms with Crippen molar-refractivity contribution in [1.29, 1.82) is 0 Å². The van der Waals surface area contributed by atoms with Gasteiger partial charge in [0.25, 0.3) is 0 Å². The van der Waals surface area contributed by atoms with Crippen molar-refractivity contribution < 1.29 is 13.2 Å². The van der Waals surface area contributed by atoms with Gasteiger partial charge in [-0.25, -0.2) is 8.42 Å². The van der Waals surface area contributed by atoms with E-state index in [1.807, 2.05) is 24.3 Å². The standard InChI is InChI=1S/C19H23NO3S/c1-23-19-8-4-3-6-17(19)18-7-5-13-20(18)14-15-9-11-16(12-10-15)24(2,21)22/h3-4,6,8-12,18H,5,7,13-14H2,1-2H3/t18-/m0/s1. The third-order valence-electron chi connectivity index (χ3n) is 4.60. The summed E-state index contributed by atoms with van der Waals surface area (Å²) in [6.07, 6.45) is 3.51. The molecule has 3 rings (SSSR count). The Bertz CT molecular complexity index is 800. The molecule has 0 spiro atoms. The molecular weight excluding hydrogens is 322 g/mol. The molecule has 5 heteroatoms. The second-order valence-corrected chi connectivity index (χ2v) is 8.30. The SMILES string of the molecule is COc1ccccc1[C@@H]1CCCN1Cc1ccc(S(C)(=O)=O)cc1. The van der Waals surface area contributed by atoms with Crippen LogP contribution >= 0.6 is 0 Å². The normalized spacial score (nSPS) is 18.7. The number of para-hydroxylation sites is 1. The zero-order valence-corrected chi connectivity index (χ0v) is 14.9. The average Bonchev–Trinajstić information content (AvgIpc) is 3.02. The minimum absolute atomic E-state index is 0.343. The Morgan fingerprint density at radius 1 is 1.12 bits per heavy atom. The second kappa shape index (κ2) is 6.95. The van der Waals surface area contributed by atoms with Gasteiger partial charge in [0.1, 0.15) is 5.75 Å². The molecule has 24 heavy (non-hydrogen) atoms. The Morgan fingerprint density at radius 3 is 2.50 bits per heavy atom. The molecule has 0 aromatic heterocycles. The highest BCUT2D eigenvalue weighted by Gasteiger charge is 2.28. The van der Waals surface area contributed by atoms with Crippen LogP contribution in [-0.2, 0) is 16.4 Å². The number of sulfone groups is 1. The van der Waals surface area contributed by atoms with Crippen LogP contribution in [0.5, 0.6) is 5.75 Å². The lowest BCUT2D eigenvalue weighted by Gasteiger charge is -2.26. The topological polar surface area (TPSA) is 46.6 Å². The number of ether oxygens (including phenoxy) is 1. The fraction of sp³-hybridized carbons (Fsp3) is 0.368. The first-order chi connectivity index (χ1) is 11.5. The number of hydrogen-bond acceptors (Lipinski definition) is 4. The van der Waals surface area contributed by atoms with Crippen molar-refractivity contribution in [3.05, 3.63) is 59.7 Å². The Labute approximate surface area is 144 Å². The van der Waals surface area contributed by atoms with Crippen molar-refractivity contribution in [3.8, 4) is 5.75 Å². The third-order valence-corrected chi connectivity index (χ3v) is 5.73. The van der Waals surface area contributed by atoms with Gasteiger partial charge in [-0.05, 0) is 43.1 Å². The number of rotatable bonds is 5. The van der Waals surface area contributed by atoms with Gasteiger partial charge in [0.05, 0.1) is 12.0 Å². The molecule has 0 aliphatic carbocycles. The highest BCUT2D eigenvalue weighted by molar-refractivity contribution is 7.90. The summed E-state index contributed by atoms with van der Waals surface area (Å²) in [5.74, 6) is 0.932. The Kier molecular flexibility index (Phi) is 4.92. The van der Waals surface area contributed by atoms with Gasteiger partial charge in [-0.15, -0.1) is 0 Å². The van der Waals surface area contributed by atoms with Crippen LogP contribution in [0.3, 0.4) is 0 Å². The number of benzene rings is 2. The molecule has 1 aliphatic heterocycles. The van der Waals surface area contributed by atoms with E-state index in [1.165, 1.54) is 11.8 Å². The molecule has 2 aromatic carbocycles. The van der Waals surface area contributed by atoms with E-state index in [0.29, 0.717) is 10.9 Å². The predicted octanol–water partition coefficient (Wildman–Crippen LogP) is 3.44. The van der Waals surface area contributed by atoms with Crippen LogP contribution in [0.15, 0.2) is 53.4 Å². The molecule has 0 bridgehead atoms. The van der Waals surface area contributed by atoms with E-state index >= 15 is 0 Å². The molecule has 1 fully saturated rings. The number of likely N-dealkylation sites (tertiary alicyclic amines) is 1. The lowest BCUT2D eigenvalue weighted by molar-refractivity contribution is 0.243. The number of nitrogens with zero attached hydrogens (tertiary/aromatic N) is 1. The van der Waals surface area contributed by atoms with Crippen LogP contribution in [0.4, 0.5) is 0 Å². The van der Waals surface area contributed by atoms with Crippen LogP contribution in [0.25, 0.3) is 0 Å². The lowest BCUT2D eigenvalue weighted by atomic mass is 10.0. The van der Waals surface area contributed by atoms with Gasteiger partial charge >= 0.3 is 0 Å². The summed E-state index contributed by atoms with van der Waals surface area (Å²) in [5, 5.41) is 0. The summed E-state index contributed by atoms with van der Waals surface area (Å²) < 4.78 is 28.7. The van der Waals surface area contributed by atoms with Crippen molar-refractivity contribution in [2.75, 3.05) is 19.9 Å². The van der Waals surface area contributed by atoms with Gasteiger partial charge in [-0.1, -0.05) is 30.3 Å². The van der Waals surface area contributed by atoms with E-state index in [4.69, 9.17) is 4.74 Å². The molecule has 1 saturated heterocycles. The maximum absolute atomic E-state index is 11.6. The van der Waals surface area contributed by atoms with Gasteiger partial charge in [0, 0.05) is 24.4 Å². The van der Waals surface area contributed by atoms with Crippen LogP contribution in [0.2, 0.25) is 0 Å². The molecule has 1 heterocycles. The van der Waals surface area contributed by atoms with Gasteiger partial charge in [-0.3, -0.25) is 4.90 Å². The van der Waals surface area contributed by atoms with Gasteiger partial charge < -0.3 is 4.74 Å². The molecule has 0 unspecified atom stereocenters. The van der Waals surface area contributed by atoms with E-state index in [-0.39, 0.29) is 0 Å². The van der Waals surface area contributed by atoms with E-state index in [0.717, 1.165) is 37.2 Å². The minimum Gasteiger partial charge on any atom is -0.496 e. The molecule has 0 saturated carbocycles. The monoisotopic (exact) mass is 345 g/mol. The largest absolute Gasteiger partial charge is 0.496 e. The van der Waals surface area contributed by atoms with Crippen LogP contribution in [0.1, 0.15) is 30.0 Å². The first-order valence-electron chi connectivity index (χ1n) is 8.15.